The summed E-state index contributed by atoms with van der Waals surface area (Å²) in [7, 11) is 0. The topological polar surface area (TPSA) is 92.5 Å². The number of aliphatic carboxylic acids is 1. The molecule has 1 aromatic carbocycles. The molecule has 0 fully saturated rings. The number of hydrogen-bond donors (Lipinski definition) is 2. The van der Waals surface area contributed by atoms with Crippen molar-refractivity contribution in [3.8, 4) is 0 Å². The molecule has 0 bridgehead atoms. The van der Waals surface area contributed by atoms with E-state index in [0.717, 1.165) is 0 Å². The van der Waals surface area contributed by atoms with Crippen LogP contribution in [0.3, 0.4) is 0 Å². The summed E-state index contributed by atoms with van der Waals surface area (Å²) < 4.78 is 0. The van der Waals surface area contributed by atoms with E-state index in [0.29, 0.717) is 18.7 Å². The van der Waals surface area contributed by atoms with Gasteiger partial charge in [0.25, 0.3) is 5.69 Å². The minimum atomic E-state index is -0.891. The number of anilines is 1. The van der Waals surface area contributed by atoms with Crippen molar-refractivity contribution < 1.29 is 14.8 Å². The van der Waals surface area contributed by atoms with Gasteiger partial charge in [-0.15, -0.1) is 0 Å². The molecular formula is C10H10Cl2N2O4. The SMILES string of the molecule is O=C(O)CCCNc1c(Cl)cc([N+](=O)[O-])cc1Cl. The van der Waals surface area contributed by atoms with Crippen LogP contribution in [-0.4, -0.2) is 22.5 Å². The smallest absolute Gasteiger partial charge is 0.303 e. The Balaban J connectivity index is 2.72. The van der Waals surface area contributed by atoms with Gasteiger partial charge in [0.05, 0.1) is 20.7 Å². The summed E-state index contributed by atoms with van der Waals surface area (Å²) in [5, 5.41) is 22.1. The zero-order valence-corrected chi connectivity index (χ0v) is 10.7. The van der Waals surface area contributed by atoms with Gasteiger partial charge in [0.15, 0.2) is 0 Å². The Kier molecular flexibility index (Phi) is 5.18. The van der Waals surface area contributed by atoms with Gasteiger partial charge in [-0.3, -0.25) is 14.9 Å². The van der Waals surface area contributed by atoms with Gasteiger partial charge in [-0.25, -0.2) is 0 Å². The number of benzene rings is 1. The Labute approximate surface area is 113 Å². The molecule has 0 saturated heterocycles. The van der Waals surface area contributed by atoms with E-state index in [-0.39, 0.29) is 22.2 Å². The van der Waals surface area contributed by atoms with Gasteiger partial charge < -0.3 is 10.4 Å². The van der Waals surface area contributed by atoms with E-state index in [1.165, 1.54) is 12.1 Å². The highest BCUT2D eigenvalue weighted by molar-refractivity contribution is 6.39. The van der Waals surface area contributed by atoms with Crippen molar-refractivity contribution in [2.75, 3.05) is 11.9 Å². The lowest BCUT2D eigenvalue weighted by Gasteiger charge is -2.09. The zero-order valence-electron chi connectivity index (χ0n) is 9.15. The Morgan fingerprint density at radius 1 is 1.39 bits per heavy atom. The molecule has 98 valence electrons. The van der Waals surface area contributed by atoms with Crippen LogP contribution in [0.1, 0.15) is 12.8 Å². The summed E-state index contributed by atoms with van der Waals surface area (Å²) >= 11 is 11.7. The van der Waals surface area contributed by atoms with Crippen molar-refractivity contribution in [2.24, 2.45) is 0 Å². The van der Waals surface area contributed by atoms with Gasteiger partial charge >= 0.3 is 5.97 Å². The molecule has 2 N–H and O–H groups in total. The minimum Gasteiger partial charge on any atom is -0.481 e. The van der Waals surface area contributed by atoms with Crippen LogP contribution in [0.4, 0.5) is 11.4 Å². The summed E-state index contributed by atoms with van der Waals surface area (Å²) in [6.07, 6.45) is 0.425. The molecule has 8 heteroatoms. The van der Waals surface area contributed by atoms with Gasteiger partial charge in [-0.05, 0) is 6.42 Å². The average Bonchev–Trinajstić information content (AvgIpc) is 2.26. The third kappa shape index (κ3) is 4.05. The number of hydrogen-bond acceptors (Lipinski definition) is 4. The first-order chi connectivity index (χ1) is 8.41. The van der Waals surface area contributed by atoms with Crippen LogP contribution < -0.4 is 5.32 Å². The molecule has 6 nitrogen and oxygen atoms in total. The second-order valence-corrected chi connectivity index (χ2v) is 4.28. The minimum absolute atomic E-state index is 0.0230. The maximum absolute atomic E-state index is 10.6. The van der Waals surface area contributed by atoms with E-state index in [1.807, 2.05) is 0 Å². The van der Waals surface area contributed by atoms with E-state index in [1.54, 1.807) is 0 Å². The second-order valence-electron chi connectivity index (χ2n) is 3.47. The highest BCUT2D eigenvalue weighted by Crippen LogP contribution is 2.34. The monoisotopic (exact) mass is 292 g/mol. The molecule has 0 unspecified atom stereocenters. The third-order valence-electron chi connectivity index (χ3n) is 2.11. The number of nitro groups is 1. The molecule has 1 aromatic rings. The molecule has 1 rings (SSSR count). The summed E-state index contributed by atoms with van der Waals surface area (Å²) in [5.74, 6) is -0.891. The molecule has 0 spiro atoms. The number of carbonyl (C=O) groups is 1. The molecule has 0 aliphatic rings. The number of nitrogens with one attached hydrogen (secondary N) is 1. The third-order valence-corrected chi connectivity index (χ3v) is 2.70. The Morgan fingerprint density at radius 2 is 1.94 bits per heavy atom. The fourth-order valence-corrected chi connectivity index (χ4v) is 1.90. The number of carboxylic acid groups (broad SMARTS) is 1. The number of non-ortho nitro benzene ring substituents is 1. The normalized spacial score (nSPS) is 10.1. The van der Waals surface area contributed by atoms with Crippen LogP contribution in [0, 0.1) is 10.1 Å². The highest BCUT2D eigenvalue weighted by Gasteiger charge is 2.14. The molecular weight excluding hydrogens is 283 g/mol. The maximum Gasteiger partial charge on any atom is 0.303 e. The van der Waals surface area contributed by atoms with Crippen molar-refractivity contribution in [1.82, 2.24) is 0 Å². The summed E-state index contributed by atoms with van der Waals surface area (Å²) in [6.45, 7) is 0.365. The zero-order chi connectivity index (χ0) is 13.7. The van der Waals surface area contributed by atoms with Crippen LogP contribution in [0.5, 0.6) is 0 Å². The molecule has 0 aliphatic carbocycles. The van der Waals surface area contributed by atoms with E-state index in [4.69, 9.17) is 28.3 Å². The highest BCUT2D eigenvalue weighted by atomic mass is 35.5. The van der Waals surface area contributed by atoms with Crippen molar-refractivity contribution >= 4 is 40.5 Å². The molecule has 0 saturated carbocycles. The van der Waals surface area contributed by atoms with Gasteiger partial charge in [0.1, 0.15) is 0 Å². The van der Waals surface area contributed by atoms with E-state index in [9.17, 15) is 14.9 Å². The molecule has 0 heterocycles. The standard InChI is InChI=1S/C10H10Cl2N2O4/c11-7-4-6(14(17)18)5-8(12)10(7)13-3-1-2-9(15)16/h4-5,13H,1-3H2,(H,15,16). The van der Waals surface area contributed by atoms with Crippen LogP contribution in [-0.2, 0) is 4.79 Å². The van der Waals surface area contributed by atoms with Crippen molar-refractivity contribution in [3.63, 3.8) is 0 Å². The number of rotatable bonds is 6. The van der Waals surface area contributed by atoms with Gasteiger partial charge in [0, 0.05) is 25.1 Å². The van der Waals surface area contributed by atoms with E-state index < -0.39 is 10.9 Å². The summed E-state index contributed by atoms with van der Waals surface area (Å²) in [4.78, 5) is 20.3. The number of nitrogens with zero attached hydrogens (tertiary/aromatic N) is 1. The fourth-order valence-electron chi connectivity index (χ4n) is 1.29. The van der Waals surface area contributed by atoms with Crippen LogP contribution in [0.25, 0.3) is 0 Å². The lowest BCUT2D eigenvalue weighted by Crippen LogP contribution is -2.06. The predicted molar refractivity (Wildman–Crippen MR) is 68.5 cm³/mol. The molecule has 0 aromatic heterocycles. The lowest BCUT2D eigenvalue weighted by atomic mass is 10.2. The largest absolute Gasteiger partial charge is 0.481 e. The first-order valence-electron chi connectivity index (χ1n) is 5.01. The van der Waals surface area contributed by atoms with E-state index >= 15 is 0 Å². The molecule has 0 radical (unpaired) electrons. The van der Waals surface area contributed by atoms with Crippen LogP contribution >= 0.6 is 23.2 Å². The first kappa shape index (κ1) is 14.5. The van der Waals surface area contributed by atoms with Crippen LogP contribution in [0.2, 0.25) is 10.0 Å². The lowest BCUT2D eigenvalue weighted by molar-refractivity contribution is -0.384. The van der Waals surface area contributed by atoms with Gasteiger partial charge in [-0.2, -0.15) is 0 Å². The Bertz CT molecular complexity index is 456. The van der Waals surface area contributed by atoms with Crippen molar-refractivity contribution in [2.45, 2.75) is 12.8 Å². The second kappa shape index (κ2) is 6.42. The Hall–Kier alpha value is -1.53. The predicted octanol–water partition coefficient (Wildman–Crippen LogP) is 3.18. The molecule has 0 atom stereocenters. The molecule has 0 amide bonds. The van der Waals surface area contributed by atoms with Crippen molar-refractivity contribution in [1.29, 1.82) is 0 Å². The van der Waals surface area contributed by atoms with Crippen molar-refractivity contribution in [3.05, 3.63) is 32.3 Å². The summed E-state index contributed by atoms with van der Waals surface area (Å²) in [5.41, 5.74) is 0.176. The maximum atomic E-state index is 10.6. The summed E-state index contributed by atoms with van der Waals surface area (Å²) in [6, 6.07) is 2.37. The van der Waals surface area contributed by atoms with Gasteiger partial charge in [0.2, 0.25) is 0 Å². The average molecular weight is 293 g/mol. The van der Waals surface area contributed by atoms with Crippen LogP contribution in [0.15, 0.2) is 12.1 Å². The number of halogens is 2. The van der Waals surface area contributed by atoms with E-state index in [2.05, 4.69) is 5.32 Å². The first-order valence-corrected chi connectivity index (χ1v) is 5.76. The van der Waals surface area contributed by atoms with Gasteiger partial charge in [-0.1, -0.05) is 23.2 Å². The number of nitro benzene ring substituents is 1. The molecule has 0 aliphatic heterocycles. The quantitative estimate of drug-likeness (QED) is 0.477. The fraction of sp³-hybridized carbons (Fsp3) is 0.300. The molecule has 18 heavy (non-hydrogen) atoms. The Morgan fingerprint density at radius 3 is 2.39 bits per heavy atom. The number of carboxylic acids is 1.